The lowest BCUT2D eigenvalue weighted by Gasteiger charge is -2.43. The zero-order valence-corrected chi connectivity index (χ0v) is 10.1. The van der Waals surface area contributed by atoms with Crippen LogP contribution >= 0.6 is 0 Å². The Balaban J connectivity index is 2.54. The SMILES string of the molecule is C#CCCNC1(CN)CC(C)CC(C)C1. The molecule has 0 aromatic heterocycles. The van der Waals surface area contributed by atoms with E-state index in [0.717, 1.165) is 31.3 Å². The number of nitrogens with two attached hydrogens (primary N) is 1. The third-order valence-electron chi connectivity index (χ3n) is 3.44. The Morgan fingerprint density at radius 2 is 2.00 bits per heavy atom. The summed E-state index contributed by atoms with van der Waals surface area (Å²) in [6, 6.07) is 0. The molecule has 0 spiro atoms. The second-order valence-corrected chi connectivity index (χ2v) is 5.22. The Labute approximate surface area is 94.0 Å². The Kier molecular flexibility index (Phi) is 4.63. The zero-order chi connectivity index (χ0) is 11.3. The summed E-state index contributed by atoms with van der Waals surface area (Å²) in [5, 5.41) is 3.58. The smallest absolute Gasteiger partial charge is 0.0309 e. The van der Waals surface area contributed by atoms with Gasteiger partial charge in [0.1, 0.15) is 0 Å². The molecular weight excluding hydrogens is 184 g/mol. The van der Waals surface area contributed by atoms with Crippen molar-refractivity contribution in [1.82, 2.24) is 5.32 Å². The van der Waals surface area contributed by atoms with Gasteiger partial charge in [0.25, 0.3) is 0 Å². The minimum absolute atomic E-state index is 0.147. The van der Waals surface area contributed by atoms with Gasteiger partial charge in [0, 0.05) is 25.0 Å². The van der Waals surface area contributed by atoms with Crippen LogP contribution in [0.3, 0.4) is 0 Å². The molecule has 2 unspecified atom stereocenters. The van der Waals surface area contributed by atoms with Gasteiger partial charge in [-0.2, -0.15) is 0 Å². The quantitative estimate of drug-likeness (QED) is 0.546. The maximum absolute atomic E-state index is 5.93. The maximum Gasteiger partial charge on any atom is 0.0309 e. The van der Waals surface area contributed by atoms with E-state index in [2.05, 4.69) is 25.1 Å². The molecule has 86 valence electrons. The van der Waals surface area contributed by atoms with E-state index in [1.807, 2.05) is 0 Å². The van der Waals surface area contributed by atoms with Crippen molar-refractivity contribution in [3.63, 3.8) is 0 Å². The molecular formula is C13H24N2. The summed E-state index contributed by atoms with van der Waals surface area (Å²) in [6.07, 6.45) is 9.78. The van der Waals surface area contributed by atoms with Crippen molar-refractivity contribution in [2.24, 2.45) is 17.6 Å². The van der Waals surface area contributed by atoms with Gasteiger partial charge in [-0.3, -0.25) is 0 Å². The summed E-state index contributed by atoms with van der Waals surface area (Å²) < 4.78 is 0. The monoisotopic (exact) mass is 208 g/mol. The van der Waals surface area contributed by atoms with Crippen molar-refractivity contribution in [3.8, 4) is 12.3 Å². The minimum Gasteiger partial charge on any atom is -0.329 e. The largest absolute Gasteiger partial charge is 0.329 e. The summed E-state index contributed by atoms with van der Waals surface area (Å²) in [5.41, 5.74) is 6.08. The van der Waals surface area contributed by atoms with E-state index in [9.17, 15) is 0 Å². The first kappa shape index (κ1) is 12.5. The fourth-order valence-electron chi connectivity index (χ4n) is 3.05. The summed E-state index contributed by atoms with van der Waals surface area (Å²) in [6.45, 7) is 6.27. The minimum atomic E-state index is 0.147. The average molecular weight is 208 g/mol. The van der Waals surface area contributed by atoms with Crippen molar-refractivity contribution in [1.29, 1.82) is 0 Å². The molecule has 1 fully saturated rings. The molecule has 0 bridgehead atoms. The van der Waals surface area contributed by atoms with Crippen molar-refractivity contribution in [3.05, 3.63) is 0 Å². The maximum atomic E-state index is 5.93. The first-order valence-electron chi connectivity index (χ1n) is 6.00. The van der Waals surface area contributed by atoms with E-state index in [0.29, 0.717) is 0 Å². The van der Waals surface area contributed by atoms with Crippen molar-refractivity contribution in [2.45, 2.75) is 45.1 Å². The van der Waals surface area contributed by atoms with Crippen LogP contribution in [0.2, 0.25) is 0 Å². The summed E-state index contributed by atoms with van der Waals surface area (Å²) in [7, 11) is 0. The van der Waals surface area contributed by atoms with Crippen LogP contribution in [0.25, 0.3) is 0 Å². The van der Waals surface area contributed by atoms with E-state index in [1.165, 1.54) is 19.3 Å². The van der Waals surface area contributed by atoms with Gasteiger partial charge in [0.2, 0.25) is 0 Å². The van der Waals surface area contributed by atoms with Crippen molar-refractivity contribution < 1.29 is 0 Å². The molecule has 1 aliphatic carbocycles. The van der Waals surface area contributed by atoms with Crippen LogP contribution in [0.5, 0.6) is 0 Å². The van der Waals surface area contributed by atoms with Crippen LogP contribution in [-0.4, -0.2) is 18.6 Å². The van der Waals surface area contributed by atoms with Crippen LogP contribution < -0.4 is 11.1 Å². The molecule has 0 radical (unpaired) electrons. The van der Waals surface area contributed by atoms with E-state index in [-0.39, 0.29) is 5.54 Å². The van der Waals surface area contributed by atoms with Gasteiger partial charge in [-0.15, -0.1) is 12.3 Å². The first-order chi connectivity index (χ1) is 7.12. The van der Waals surface area contributed by atoms with Gasteiger partial charge in [-0.05, 0) is 31.1 Å². The molecule has 0 saturated heterocycles. The summed E-state index contributed by atoms with van der Waals surface area (Å²) in [5.74, 6) is 4.22. The molecule has 2 nitrogen and oxygen atoms in total. The van der Waals surface area contributed by atoms with E-state index >= 15 is 0 Å². The lowest BCUT2D eigenvalue weighted by molar-refractivity contribution is 0.151. The number of nitrogens with one attached hydrogen (secondary N) is 1. The second kappa shape index (κ2) is 5.53. The zero-order valence-electron chi connectivity index (χ0n) is 10.1. The molecule has 3 N–H and O–H groups in total. The normalized spacial score (nSPS) is 36.1. The topological polar surface area (TPSA) is 38.0 Å². The van der Waals surface area contributed by atoms with Gasteiger partial charge < -0.3 is 11.1 Å². The third-order valence-corrected chi connectivity index (χ3v) is 3.44. The van der Waals surface area contributed by atoms with E-state index in [4.69, 9.17) is 12.2 Å². The van der Waals surface area contributed by atoms with E-state index in [1.54, 1.807) is 0 Å². The Hall–Kier alpha value is -0.520. The Bertz CT molecular complexity index is 219. The molecule has 2 atom stereocenters. The van der Waals surface area contributed by atoms with Gasteiger partial charge in [-0.1, -0.05) is 13.8 Å². The molecule has 2 heteroatoms. The van der Waals surface area contributed by atoms with Gasteiger partial charge in [-0.25, -0.2) is 0 Å². The van der Waals surface area contributed by atoms with Crippen LogP contribution in [0.15, 0.2) is 0 Å². The highest BCUT2D eigenvalue weighted by atomic mass is 15.0. The first-order valence-corrected chi connectivity index (χ1v) is 6.00. The fourth-order valence-corrected chi connectivity index (χ4v) is 3.05. The number of rotatable bonds is 4. The molecule has 0 amide bonds. The number of hydrogen-bond acceptors (Lipinski definition) is 2. The van der Waals surface area contributed by atoms with Crippen LogP contribution in [0.4, 0.5) is 0 Å². The summed E-state index contributed by atoms with van der Waals surface area (Å²) >= 11 is 0. The summed E-state index contributed by atoms with van der Waals surface area (Å²) in [4.78, 5) is 0. The molecule has 1 saturated carbocycles. The molecule has 1 rings (SSSR count). The van der Waals surface area contributed by atoms with E-state index < -0.39 is 0 Å². The molecule has 15 heavy (non-hydrogen) atoms. The highest BCUT2D eigenvalue weighted by molar-refractivity contribution is 4.97. The molecule has 0 aliphatic heterocycles. The second-order valence-electron chi connectivity index (χ2n) is 5.22. The fraction of sp³-hybridized carbons (Fsp3) is 0.846. The van der Waals surface area contributed by atoms with Gasteiger partial charge in [0.15, 0.2) is 0 Å². The number of hydrogen-bond donors (Lipinski definition) is 2. The molecule has 0 aromatic carbocycles. The van der Waals surface area contributed by atoms with Gasteiger partial charge >= 0.3 is 0 Å². The van der Waals surface area contributed by atoms with Crippen molar-refractivity contribution in [2.75, 3.05) is 13.1 Å². The molecule has 1 aliphatic rings. The van der Waals surface area contributed by atoms with Gasteiger partial charge in [0.05, 0.1) is 0 Å². The Morgan fingerprint density at radius 1 is 1.40 bits per heavy atom. The lowest BCUT2D eigenvalue weighted by atomic mass is 9.71. The lowest BCUT2D eigenvalue weighted by Crippen LogP contribution is -2.55. The Morgan fingerprint density at radius 3 is 2.47 bits per heavy atom. The highest BCUT2D eigenvalue weighted by Gasteiger charge is 2.35. The van der Waals surface area contributed by atoms with Crippen LogP contribution in [0.1, 0.15) is 39.5 Å². The number of terminal acetylenes is 1. The predicted octanol–water partition coefficient (Wildman–Crippen LogP) is 1.75. The predicted molar refractivity (Wildman–Crippen MR) is 65.4 cm³/mol. The van der Waals surface area contributed by atoms with Crippen LogP contribution in [0, 0.1) is 24.2 Å². The standard InChI is InChI=1S/C13H24N2/c1-4-5-6-15-13(10-14)8-11(2)7-12(3)9-13/h1,11-12,15H,5-10,14H2,2-3H3. The van der Waals surface area contributed by atoms with Crippen molar-refractivity contribution >= 4 is 0 Å². The average Bonchev–Trinajstić information content (AvgIpc) is 2.17. The molecule has 0 heterocycles. The molecule has 0 aromatic rings. The highest BCUT2D eigenvalue weighted by Crippen LogP contribution is 2.35. The third kappa shape index (κ3) is 3.52. The van der Waals surface area contributed by atoms with Crippen LogP contribution in [-0.2, 0) is 0 Å².